The van der Waals surface area contributed by atoms with Crippen molar-refractivity contribution >= 4 is 5.97 Å². The lowest BCUT2D eigenvalue weighted by molar-refractivity contribution is -0.403. The largest absolute Gasteiger partial charge is 0.462 e. The molecule has 5 nitrogen and oxygen atoms in total. The second kappa shape index (κ2) is 4.43. The van der Waals surface area contributed by atoms with Gasteiger partial charge in [-0.3, -0.25) is 10.1 Å². The molecule has 0 heterocycles. The molecule has 0 rings (SSSR count). The number of nitrogens with zero attached hydrogens (tertiary/aromatic N) is 1. The van der Waals surface area contributed by atoms with Crippen LogP contribution in [-0.2, 0) is 9.53 Å². The van der Waals surface area contributed by atoms with E-state index in [9.17, 15) is 14.9 Å². The molecule has 0 saturated heterocycles. The number of hydrogen-bond donors (Lipinski definition) is 0. The van der Waals surface area contributed by atoms with Gasteiger partial charge in [0.05, 0.1) is 11.5 Å². The van der Waals surface area contributed by atoms with Gasteiger partial charge in [-0.05, 0) is 13.8 Å². The van der Waals surface area contributed by atoms with E-state index in [-0.39, 0.29) is 12.2 Å². The molecule has 5 heteroatoms. The zero-order chi connectivity index (χ0) is 8.85. The van der Waals surface area contributed by atoms with Gasteiger partial charge in [0.2, 0.25) is 6.20 Å². The van der Waals surface area contributed by atoms with Crippen molar-refractivity contribution in [1.82, 2.24) is 0 Å². The highest BCUT2D eigenvalue weighted by Crippen LogP contribution is 1.95. The third-order valence-corrected chi connectivity index (χ3v) is 0.896. The zero-order valence-electron chi connectivity index (χ0n) is 6.36. The van der Waals surface area contributed by atoms with E-state index >= 15 is 0 Å². The van der Waals surface area contributed by atoms with Crippen LogP contribution in [0.15, 0.2) is 11.8 Å². The molecule has 0 N–H and O–H groups in total. The Morgan fingerprint density at radius 2 is 2.27 bits per heavy atom. The zero-order valence-corrected chi connectivity index (χ0v) is 6.36. The highest BCUT2D eigenvalue weighted by atomic mass is 16.6. The summed E-state index contributed by atoms with van der Waals surface area (Å²) in [6, 6.07) is 0. The normalized spacial score (nSPS) is 10.9. The standard InChI is InChI=1S/C6H9NO4/c1-3-11-6(8)5(2)4-7(9)10/h4H,3H2,1-2H3/b5-4-. The Labute approximate surface area is 63.8 Å². The van der Waals surface area contributed by atoms with Crippen LogP contribution in [0.3, 0.4) is 0 Å². The summed E-state index contributed by atoms with van der Waals surface area (Å²) in [5.74, 6) is -0.649. The van der Waals surface area contributed by atoms with Crippen LogP contribution in [0.5, 0.6) is 0 Å². The van der Waals surface area contributed by atoms with Crippen molar-refractivity contribution in [2.24, 2.45) is 0 Å². The molecular weight excluding hydrogens is 150 g/mol. The van der Waals surface area contributed by atoms with Crippen molar-refractivity contribution in [2.45, 2.75) is 13.8 Å². The van der Waals surface area contributed by atoms with Crippen molar-refractivity contribution in [3.8, 4) is 0 Å². The van der Waals surface area contributed by atoms with E-state index in [1.165, 1.54) is 6.92 Å². The van der Waals surface area contributed by atoms with E-state index < -0.39 is 10.9 Å². The third-order valence-electron chi connectivity index (χ3n) is 0.896. The molecule has 0 aliphatic rings. The second-order valence-corrected chi connectivity index (χ2v) is 1.82. The Morgan fingerprint density at radius 1 is 1.73 bits per heavy atom. The first-order valence-electron chi connectivity index (χ1n) is 3.07. The molecule has 0 aromatic heterocycles. The second-order valence-electron chi connectivity index (χ2n) is 1.82. The van der Waals surface area contributed by atoms with Crippen LogP contribution in [0, 0.1) is 10.1 Å². The average Bonchev–Trinajstić information content (AvgIpc) is 1.86. The van der Waals surface area contributed by atoms with Gasteiger partial charge in [0.1, 0.15) is 5.57 Å². The molecule has 0 saturated carbocycles. The fourth-order valence-corrected chi connectivity index (χ4v) is 0.456. The molecule has 62 valence electrons. The molecule has 0 fully saturated rings. The molecule has 0 aromatic carbocycles. The summed E-state index contributed by atoms with van der Waals surface area (Å²) in [4.78, 5) is 19.8. The number of carbonyl (C=O) groups is 1. The van der Waals surface area contributed by atoms with E-state index in [2.05, 4.69) is 4.74 Å². The molecule has 0 aliphatic heterocycles. The average molecular weight is 159 g/mol. The maximum atomic E-state index is 10.7. The van der Waals surface area contributed by atoms with Gasteiger partial charge in [-0.25, -0.2) is 4.79 Å². The van der Waals surface area contributed by atoms with E-state index in [1.54, 1.807) is 6.92 Å². The lowest BCUT2D eigenvalue weighted by Gasteiger charge is -1.97. The molecule has 0 aromatic rings. The number of ether oxygens (including phenoxy) is 1. The summed E-state index contributed by atoms with van der Waals surface area (Å²) in [6.45, 7) is 3.19. The van der Waals surface area contributed by atoms with Crippen molar-refractivity contribution in [1.29, 1.82) is 0 Å². The number of carbonyl (C=O) groups excluding carboxylic acids is 1. The molecule has 0 bridgehead atoms. The fourth-order valence-electron chi connectivity index (χ4n) is 0.456. The molecular formula is C6H9NO4. The summed E-state index contributed by atoms with van der Waals surface area (Å²) < 4.78 is 4.49. The summed E-state index contributed by atoms with van der Waals surface area (Å²) in [7, 11) is 0. The van der Waals surface area contributed by atoms with Gasteiger partial charge in [-0.2, -0.15) is 0 Å². The van der Waals surface area contributed by atoms with Crippen molar-refractivity contribution in [3.63, 3.8) is 0 Å². The predicted molar refractivity (Wildman–Crippen MR) is 37.4 cm³/mol. The number of hydrogen-bond acceptors (Lipinski definition) is 4. The van der Waals surface area contributed by atoms with Gasteiger partial charge >= 0.3 is 5.97 Å². The van der Waals surface area contributed by atoms with Crippen LogP contribution in [0.1, 0.15) is 13.8 Å². The Kier molecular flexibility index (Phi) is 3.87. The van der Waals surface area contributed by atoms with Crippen LogP contribution in [-0.4, -0.2) is 17.5 Å². The first-order valence-corrected chi connectivity index (χ1v) is 3.07. The highest BCUT2D eigenvalue weighted by molar-refractivity contribution is 5.87. The number of esters is 1. The SMILES string of the molecule is CCOC(=O)/C(C)=C\[N+](=O)[O-]. The Hall–Kier alpha value is -1.39. The van der Waals surface area contributed by atoms with E-state index in [0.29, 0.717) is 6.20 Å². The predicted octanol–water partition coefficient (Wildman–Crippen LogP) is 0.730. The summed E-state index contributed by atoms with van der Waals surface area (Å²) in [6.07, 6.45) is 0.623. The Morgan fingerprint density at radius 3 is 2.64 bits per heavy atom. The van der Waals surface area contributed by atoms with Gasteiger partial charge in [0, 0.05) is 0 Å². The lowest BCUT2D eigenvalue weighted by Crippen LogP contribution is -2.06. The van der Waals surface area contributed by atoms with Crippen molar-refractivity contribution in [3.05, 3.63) is 21.9 Å². The Bertz CT molecular complexity index is 197. The molecule has 0 radical (unpaired) electrons. The van der Waals surface area contributed by atoms with Gasteiger partial charge < -0.3 is 4.74 Å². The minimum atomic E-state index is -0.688. The monoisotopic (exact) mass is 159 g/mol. The van der Waals surface area contributed by atoms with Crippen LogP contribution < -0.4 is 0 Å². The first kappa shape index (κ1) is 9.61. The van der Waals surface area contributed by atoms with E-state index in [1.807, 2.05) is 0 Å². The van der Waals surface area contributed by atoms with Crippen LogP contribution >= 0.6 is 0 Å². The first-order chi connectivity index (χ1) is 5.07. The highest BCUT2D eigenvalue weighted by Gasteiger charge is 2.07. The quantitative estimate of drug-likeness (QED) is 0.263. The summed E-state index contributed by atoms with van der Waals surface area (Å²) >= 11 is 0. The minimum Gasteiger partial charge on any atom is -0.462 e. The van der Waals surface area contributed by atoms with Gasteiger partial charge in [-0.15, -0.1) is 0 Å². The number of nitro groups is 1. The maximum absolute atomic E-state index is 10.7. The van der Waals surface area contributed by atoms with E-state index in [4.69, 9.17) is 0 Å². The van der Waals surface area contributed by atoms with Crippen molar-refractivity contribution < 1.29 is 14.5 Å². The van der Waals surface area contributed by atoms with Gasteiger partial charge in [0.25, 0.3) is 0 Å². The van der Waals surface area contributed by atoms with Gasteiger partial charge in [0.15, 0.2) is 0 Å². The van der Waals surface area contributed by atoms with Gasteiger partial charge in [-0.1, -0.05) is 0 Å². The summed E-state index contributed by atoms with van der Waals surface area (Å²) in [5, 5.41) is 9.84. The topological polar surface area (TPSA) is 69.4 Å². The summed E-state index contributed by atoms with van der Waals surface area (Å²) in [5.41, 5.74) is -0.00292. The van der Waals surface area contributed by atoms with Crippen LogP contribution in [0.2, 0.25) is 0 Å². The number of rotatable bonds is 3. The maximum Gasteiger partial charge on any atom is 0.339 e. The molecule has 0 unspecified atom stereocenters. The molecule has 0 aliphatic carbocycles. The van der Waals surface area contributed by atoms with E-state index in [0.717, 1.165) is 0 Å². The van der Waals surface area contributed by atoms with Crippen molar-refractivity contribution in [2.75, 3.05) is 6.61 Å². The van der Waals surface area contributed by atoms with Crippen LogP contribution in [0.4, 0.5) is 0 Å². The van der Waals surface area contributed by atoms with Crippen LogP contribution in [0.25, 0.3) is 0 Å². The third kappa shape index (κ3) is 4.07. The molecule has 0 spiro atoms. The Balaban J connectivity index is 4.12. The fraction of sp³-hybridized carbons (Fsp3) is 0.500. The minimum absolute atomic E-state index is 0.00292. The lowest BCUT2D eigenvalue weighted by atomic mass is 10.3. The smallest absolute Gasteiger partial charge is 0.339 e. The molecule has 0 atom stereocenters. The molecule has 11 heavy (non-hydrogen) atoms. The molecule has 0 amide bonds.